The topological polar surface area (TPSA) is 48.8 Å². The second kappa shape index (κ2) is 8.53. The summed E-state index contributed by atoms with van der Waals surface area (Å²) >= 11 is 0. The fourth-order valence-electron chi connectivity index (χ4n) is 2.75. The third-order valence-electron chi connectivity index (χ3n) is 3.99. The number of rotatable bonds is 6. The smallest absolute Gasteiger partial charge is 0.0598 e. The molecular weight excluding hydrogens is 306 g/mol. The van der Waals surface area contributed by atoms with E-state index in [0.29, 0.717) is 6.42 Å². The SMILES string of the molecule is [N-]=[N+]=NC(/C=C/c1ccccc1)Cc1cccc(-c2ccccc2)c1. The Morgan fingerprint density at radius 1 is 0.840 bits per heavy atom. The Morgan fingerprint density at radius 2 is 1.52 bits per heavy atom. The Labute approximate surface area is 147 Å². The van der Waals surface area contributed by atoms with Crippen LogP contribution in [0, 0.1) is 0 Å². The molecule has 3 heteroatoms. The van der Waals surface area contributed by atoms with Crippen molar-refractivity contribution in [1.82, 2.24) is 0 Å². The molecule has 0 amide bonds. The first kappa shape index (κ1) is 16.6. The molecule has 0 saturated heterocycles. The van der Waals surface area contributed by atoms with E-state index in [4.69, 9.17) is 5.53 Å². The van der Waals surface area contributed by atoms with Gasteiger partial charge in [-0.15, -0.1) is 0 Å². The van der Waals surface area contributed by atoms with Gasteiger partial charge in [-0.1, -0.05) is 102 Å². The average Bonchev–Trinajstić information content (AvgIpc) is 2.68. The van der Waals surface area contributed by atoms with E-state index in [1.54, 1.807) is 0 Å². The maximum Gasteiger partial charge on any atom is 0.0598 e. The van der Waals surface area contributed by atoms with E-state index in [1.165, 1.54) is 11.1 Å². The molecule has 3 aromatic carbocycles. The lowest BCUT2D eigenvalue weighted by atomic mass is 9.99. The molecule has 0 radical (unpaired) electrons. The number of benzene rings is 3. The molecule has 122 valence electrons. The van der Waals surface area contributed by atoms with E-state index in [-0.39, 0.29) is 6.04 Å². The van der Waals surface area contributed by atoms with Crippen molar-refractivity contribution in [3.05, 3.63) is 113 Å². The molecule has 0 aliphatic heterocycles. The quantitative estimate of drug-likeness (QED) is 0.290. The molecule has 0 heterocycles. The molecule has 0 aromatic heterocycles. The monoisotopic (exact) mass is 325 g/mol. The van der Waals surface area contributed by atoms with Gasteiger partial charge in [0, 0.05) is 4.91 Å². The minimum atomic E-state index is -0.212. The highest BCUT2D eigenvalue weighted by Crippen LogP contribution is 2.21. The zero-order valence-electron chi connectivity index (χ0n) is 13.9. The highest BCUT2D eigenvalue weighted by molar-refractivity contribution is 5.64. The highest BCUT2D eigenvalue weighted by atomic mass is 15.1. The average molecular weight is 325 g/mol. The summed E-state index contributed by atoms with van der Waals surface area (Å²) in [5, 5.41) is 3.93. The summed E-state index contributed by atoms with van der Waals surface area (Å²) in [5.41, 5.74) is 13.5. The van der Waals surface area contributed by atoms with Crippen molar-refractivity contribution in [2.24, 2.45) is 5.11 Å². The maximum atomic E-state index is 8.87. The van der Waals surface area contributed by atoms with E-state index in [2.05, 4.69) is 40.4 Å². The zero-order chi connectivity index (χ0) is 17.3. The van der Waals surface area contributed by atoms with Gasteiger partial charge in [0.2, 0.25) is 0 Å². The summed E-state index contributed by atoms with van der Waals surface area (Å²) in [4.78, 5) is 3.00. The van der Waals surface area contributed by atoms with Gasteiger partial charge in [0.1, 0.15) is 0 Å². The Morgan fingerprint density at radius 3 is 2.24 bits per heavy atom. The molecule has 1 unspecified atom stereocenters. The predicted octanol–water partition coefficient (Wildman–Crippen LogP) is 6.29. The summed E-state index contributed by atoms with van der Waals surface area (Å²) in [7, 11) is 0. The van der Waals surface area contributed by atoms with Crippen LogP contribution in [0.25, 0.3) is 27.6 Å². The highest BCUT2D eigenvalue weighted by Gasteiger charge is 2.05. The lowest BCUT2D eigenvalue weighted by molar-refractivity contribution is 0.805. The molecule has 0 aliphatic carbocycles. The van der Waals surface area contributed by atoms with Gasteiger partial charge < -0.3 is 0 Å². The third-order valence-corrected chi connectivity index (χ3v) is 3.99. The summed E-state index contributed by atoms with van der Waals surface area (Å²) in [6.45, 7) is 0. The Kier molecular flexibility index (Phi) is 5.65. The standard InChI is InChI=1S/C22H19N3/c23-25-24-22(15-14-18-8-3-1-4-9-18)17-19-10-7-13-21(16-19)20-11-5-2-6-12-20/h1-16,22H,17H2/b15-14+. The van der Waals surface area contributed by atoms with Crippen LogP contribution in [0.5, 0.6) is 0 Å². The fraction of sp³-hybridized carbons (Fsp3) is 0.0909. The molecule has 0 aliphatic rings. The van der Waals surface area contributed by atoms with Crippen LogP contribution in [0.1, 0.15) is 11.1 Å². The predicted molar refractivity (Wildman–Crippen MR) is 104 cm³/mol. The molecule has 1 atom stereocenters. The van der Waals surface area contributed by atoms with Gasteiger partial charge >= 0.3 is 0 Å². The van der Waals surface area contributed by atoms with E-state index in [9.17, 15) is 0 Å². The van der Waals surface area contributed by atoms with Crippen LogP contribution < -0.4 is 0 Å². The fourth-order valence-corrected chi connectivity index (χ4v) is 2.75. The van der Waals surface area contributed by atoms with E-state index in [0.717, 1.165) is 11.1 Å². The third kappa shape index (κ3) is 4.84. The van der Waals surface area contributed by atoms with E-state index in [1.807, 2.05) is 66.7 Å². The number of hydrogen-bond acceptors (Lipinski definition) is 1. The molecule has 0 fully saturated rings. The molecule has 3 rings (SSSR count). The van der Waals surface area contributed by atoms with Gasteiger partial charge in [-0.05, 0) is 34.2 Å². The van der Waals surface area contributed by atoms with Crippen molar-refractivity contribution in [3.63, 3.8) is 0 Å². The van der Waals surface area contributed by atoms with Crippen molar-refractivity contribution in [1.29, 1.82) is 0 Å². The minimum absolute atomic E-state index is 0.212. The lowest BCUT2D eigenvalue weighted by Crippen LogP contribution is -2.04. The Hall–Kier alpha value is -3.29. The van der Waals surface area contributed by atoms with Crippen molar-refractivity contribution >= 4 is 6.08 Å². The minimum Gasteiger partial charge on any atom is -0.0862 e. The maximum absolute atomic E-state index is 8.87. The normalized spacial score (nSPS) is 11.8. The number of hydrogen-bond donors (Lipinski definition) is 0. The van der Waals surface area contributed by atoms with Gasteiger partial charge in [-0.3, -0.25) is 0 Å². The number of nitrogens with zero attached hydrogens (tertiary/aromatic N) is 3. The molecule has 3 nitrogen and oxygen atoms in total. The van der Waals surface area contributed by atoms with Crippen LogP contribution in [0.4, 0.5) is 0 Å². The van der Waals surface area contributed by atoms with Gasteiger partial charge in [-0.2, -0.15) is 0 Å². The van der Waals surface area contributed by atoms with E-state index < -0.39 is 0 Å². The van der Waals surface area contributed by atoms with Crippen LogP contribution in [0.15, 0.2) is 96.1 Å². The number of azide groups is 1. The molecule has 25 heavy (non-hydrogen) atoms. The molecule has 0 bridgehead atoms. The van der Waals surface area contributed by atoms with Crippen LogP contribution in [0.3, 0.4) is 0 Å². The first-order chi connectivity index (χ1) is 12.3. The van der Waals surface area contributed by atoms with Crippen molar-refractivity contribution in [3.8, 4) is 11.1 Å². The molecule has 0 spiro atoms. The summed E-state index contributed by atoms with van der Waals surface area (Å²) in [5.74, 6) is 0. The van der Waals surface area contributed by atoms with Crippen LogP contribution in [0.2, 0.25) is 0 Å². The van der Waals surface area contributed by atoms with Gasteiger partial charge in [0.15, 0.2) is 0 Å². The first-order valence-corrected chi connectivity index (χ1v) is 8.27. The first-order valence-electron chi connectivity index (χ1n) is 8.27. The second-order valence-electron chi connectivity index (χ2n) is 5.81. The van der Waals surface area contributed by atoms with Crippen LogP contribution in [-0.2, 0) is 6.42 Å². The second-order valence-corrected chi connectivity index (χ2v) is 5.81. The zero-order valence-corrected chi connectivity index (χ0v) is 13.9. The lowest BCUT2D eigenvalue weighted by Gasteiger charge is -2.09. The van der Waals surface area contributed by atoms with Crippen molar-refractivity contribution in [2.45, 2.75) is 12.5 Å². The van der Waals surface area contributed by atoms with Gasteiger partial charge in [0.25, 0.3) is 0 Å². The summed E-state index contributed by atoms with van der Waals surface area (Å²) in [6.07, 6.45) is 4.64. The summed E-state index contributed by atoms with van der Waals surface area (Å²) < 4.78 is 0. The van der Waals surface area contributed by atoms with Crippen molar-refractivity contribution < 1.29 is 0 Å². The Balaban J connectivity index is 1.79. The molecule has 0 saturated carbocycles. The van der Waals surface area contributed by atoms with Crippen LogP contribution >= 0.6 is 0 Å². The molecular formula is C22H19N3. The largest absolute Gasteiger partial charge is 0.0862 e. The summed E-state index contributed by atoms with van der Waals surface area (Å²) in [6, 6.07) is 28.5. The molecule has 3 aromatic rings. The molecule has 0 N–H and O–H groups in total. The van der Waals surface area contributed by atoms with Crippen molar-refractivity contribution in [2.75, 3.05) is 0 Å². The van der Waals surface area contributed by atoms with Gasteiger partial charge in [-0.25, -0.2) is 0 Å². The van der Waals surface area contributed by atoms with E-state index >= 15 is 0 Å². The van der Waals surface area contributed by atoms with Gasteiger partial charge in [0.05, 0.1) is 6.04 Å². The van der Waals surface area contributed by atoms with Crippen LogP contribution in [-0.4, -0.2) is 6.04 Å². The Bertz CT molecular complexity index is 879.